The molecule has 0 amide bonds. The van der Waals surface area contributed by atoms with E-state index in [0.717, 1.165) is 0 Å². The molecule has 0 fully saturated rings. The second kappa shape index (κ2) is 4.85. The smallest absolute Gasteiger partial charge is 0.165 e. The van der Waals surface area contributed by atoms with Crippen molar-refractivity contribution in [3.05, 3.63) is 24.1 Å². The van der Waals surface area contributed by atoms with Gasteiger partial charge in [0.25, 0.3) is 0 Å². The minimum absolute atomic E-state index is 0.323. The second-order valence-electron chi connectivity index (χ2n) is 2.95. The molecule has 0 aliphatic heterocycles. The van der Waals surface area contributed by atoms with Crippen LogP contribution in [-0.2, 0) is 0 Å². The summed E-state index contributed by atoms with van der Waals surface area (Å²) in [6.45, 7) is 0.573. The van der Waals surface area contributed by atoms with Crippen molar-refractivity contribution < 1.29 is 4.39 Å². The van der Waals surface area contributed by atoms with Gasteiger partial charge in [0.2, 0.25) is 0 Å². The molecule has 0 saturated carbocycles. The summed E-state index contributed by atoms with van der Waals surface area (Å²) in [4.78, 5) is 6.04. The van der Waals surface area contributed by atoms with Gasteiger partial charge in [-0.3, -0.25) is 0 Å². The van der Waals surface area contributed by atoms with Crippen molar-refractivity contribution >= 4 is 23.0 Å². The average Bonchev–Trinajstić information content (AvgIpc) is 2.15. The molecule has 0 aromatic carbocycles. The van der Waals surface area contributed by atoms with Crippen molar-refractivity contribution in [3.63, 3.8) is 0 Å². The molecule has 1 rings (SSSR count). The number of thiocarbonyl (C=S) groups is 1. The van der Waals surface area contributed by atoms with E-state index < -0.39 is 0 Å². The van der Waals surface area contributed by atoms with Crippen LogP contribution in [0.15, 0.2) is 18.3 Å². The maximum atomic E-state index is 13.2. The van der Waals surface area contributed by atoms with Gasteiger partial charge >= 0.3 is 0 Å². The zero-order valence-electron chi connectivity index (χ0n) is 7.90. The van der Waals surface area contributed by atoms with E-state index in [9.17, 15) is 4.39 Å². The highest BCUT2D eigenvalue weighted by Gasteiger charge is 2.07. The first-order valence-electron chi connectivity index (χ1n) is 4.21. The molecular weight excluding hydrogens is 201 g/mol. The van der Waals surface area contributed by atoms with E-state index in [-0.39, 0.29) is 5.82 Å². The van der Waals surface area contributed by atoms with Crippen molar-refractivity contribution in [2.24, 2.45) is 5.73 Å². The quantitative estimate of drug-likeness (QED) is 0.766. The molecule has 0 saturated heterocycles. The van der Waals surface area contributed by atoms with Crippen LogP contribution in [0.3, 0.4) is 0 Å². The summed E-state index contributed by atoms with van der Waals surface area (Å²) >= 11 is 4.73. The standard InChI is InChI=1S/C9H12FN3S/c1-13(6-4-8(11)14)9-7(10)3-2-5-12-9/h2-3,5H,4,6H2,1H3,(H2,11,14). The SMILES string of the molecule is CN(CCC(N)=S)c1ncccc1F. The Morgan fingerprint density at radius 1 is 1.71 bits per heavy atom. The molecule has 2 N–H and O–H groups in total. The Hall–Kier alpha value is -1.23. The Kier molecular flexibility index (Phi) is 3.76. The monoisotopic (exact) mass is 213 g/mol. The Labute approximate surface area is 87.7 Å². The van der Waals surface area contributed by atoms with Gasteiger partial charge in [-0.1, -0.05) is 12.2 Å². The fourth-order valence-corrected chi connectivity index (χ4v) is 1.13. The van der Waals surface area contributed by atoms with Crippen LogP contribution in [0.25, 0.3) is 0 Å². The van der Waals surface area contributed by atoms with Crippen LogP contribution in [0.4, 0.5) is 10.2 Å². The normalized spacial score (nSPS) is 9.86. The predicted octanol–water partition coefficient (Wildman–Crippen LogP) is 1.33. The lowest BCUT2D eigenvalue weighted by atomic mass is 10.3. The number of nitrogens with zero attached hydrogens (tertiary/aromatic N) is 2. The molecule has 14 heavy (non-hydrogen) atoms. The van der Waals surface area contributed by atoms with Gasteiger partial charge in [-0.05, 0) is 12.1 Å². The van der Waals surface area contributed by atoms with Gasteiger partial charge in [0.05, 0.1) is 4.99 Å². The lowest BCUT2D eigenvalue weighted by molar-refractivity contribution is 0.615. The van der Waals surface area contributed by atoms with Gasteiger partial charge in [0, 0.05) is 26.2 Å². The van der Waals surface area contributed by atoms with E-state index in [1.807, 2.05) is 0 Å². The molecule has 0 unspecified atom stereocenters. The maximum absolute atomic E-state index is 13.2. The number of halogens is 1. The number of rotatable bonds is 4. The lowest BCUT2D eigenvalue weighted by Gasteiger charge is -2.17. The number of hydrogen-bond acceptors (Lipinski definition) is 3. The van der Waals surface area contributed by atoms with Gasteiger partial charge in [-0.15, -0.1) is 0 Å². The highest BCUT2D eigenvalue weighted by atomic mass is 32.1. The molecule has 0 spiro atoms. The molecular formula is C9H12FN3S. The third-order valence-corrected chi connectivity index (χ3v) is 2.00. The number of nitrogens with two attached hydrogens (primary N) is 1. The van der Waals surface area contributed by atoms with Crippen molar-refractivity contribution in [1.82, 2.24) is 4.98 Å². The summed E-state index contributed by atoms with van der Waals surface area (Å²) in [5.74, 6) is -0.0123. The minimum Gasteiger partial charge on any atom is -0.393 e. The summed E-state index contributed by atoms with van der Waals surface area (Å²) in [5, 5.41) is 0. The molecule has 0 bridgehead atoms. The molecule has 1 aromatic rings. The first kappa shape index (κ1) is 10.8. The zero-order chi connectivity index (χ0) is 10.6. The Bertz CT molecular complexity index is 330. The van der Waals surface area contributed by atoms with Crippen LogP contribution >= 0.6 is 12.2 Å². The van der Waals surface area contributed by atoms with Crippen molar-refractivity contribution in [2.75, 3.05) is 18.5 Å². The van der Waals surface area contributed by atoms with Crippen LogP contribution in [0.2, 0.25) is 0 Å². The number of anilines is 1. The zero-order valence-corrected chi connectivity index (χ0v) is 8.72. The summed E-state index contributed by atoms with van der Waals surface area (Å²) in [5.41, 5.74) is 5.35. The van der Waals surface area contributed by atoms with Crippen LogP contribution in [0, 0.1) is 5.82 Å². The molecule has 1 aromatic heterocycles. The first-order chi connectivity index (χ1) is 6.61. The summed E-state index contributed by atoms with van der Waals surface area (Å²) < 4.78 is 13.2. The number of hydrogen-bond donors (Lipinski definition) is 1. The van der Waals surface area contributed by atoms with E-state index in [0.29, 0.717) is 23.8 Å². The van der Waals surface area contributed by atoms with Crippen molar-refractivity contribution in [2.45, 2.75) is 6.42 Å². The average molecular weight is 213 g/mol. The Balaban J connectivity index is 2.65. The molecule has 76 valence electrons. The molecule has 0 aliphatic rings. The Morgan fingerprint density at radius 3 is 3.00 bits per heavy atom. The fourth-order valence-electron chi connectivity index (χ4n) is 1.04. The summed E-state index contributed by atoms with van der Waals surface area (Å²) in [6.07, 6.45) is 2.11. The number of pyridine rings is 1. The van der Waals surface area contributed by atoms with Crippen LogP contribution in [0.5, 0.6) is 0 Å². The largest absolute Gasteiger partial charge is 0.393 e. The summed E-state index contributed by atoms with van der Waals surface area (Å²) in [6, 6.07) is 2.93. The van der Waals surface area contributed by atoms with E-state index in [1.165, 1.54) is 6.07 Å². The van der Waals surface area contributed by atoms with Gasteiger partial charge < -0.3 is 10.6 Å². The maximum Gasteiger partial charge on any atom is 0.165 e. The predicted molar refractivity (Wildman–Crippen MR) is 58.9 cm³/mol. The van der Waals surface area contributed by atoms with Crippen molar-refractivity contribution in [1.29, 1.82) is 0 Å². The molecule has 3 nitrogen and oxygen atoms in total. The summed E-state index contributed by atoms with van der Waals surface area (Å²) in [7, 11) is 1.75. The third kappa shape index (κ3) is 2.92. The van der Waals surface area contributed by atoms with Gasteiger partial charge in [-0.2, -0.15) is 0 Å². The first-order valence-corrected chi connectivity index (χ1v) is 4.62. The topological polar surface area (TPSA) is 42.1 Å². The van der Waals surface area contributed by atoms with E-state index in [4.69, 9.17) is 18.0 Å². The highest BCUT2D eigenvalue weighted by Crippen LogP contribution is 2.13. The molecule has 0 atom stereocenters. The van der Waals surface area contributed by atoms with Gasteiger partial charge in [-0.25, -0.2) is 9.37 Å². The second-order valence-corrected chi connectivity index (χ2v) is 3.47. The molecule has 5 heteroatoms. The van der Waals surface area contributed by atoms with Crippen LogP contribution in [0.1, 0.15) is 6.42 Å². The molecule has 1 heterocycles. The lowest BCUT2D eigenvalue weighted by Crippen LogP contribution is -2.24. The molecule has 0 aliphatic carbocycles. The van der Waals surface area contributed by atoms with Crippen LogP contribution < -0.4 is 10.6 Å². The van der Waals surface area contributed by atoms with E-state index in [1.54, 1.807) is 24.2 Å². The van der Waals surface area contributed by atoms with E-state index in [2.05, 4.69) is 4.98 Å². The molecule has 0 radical (unpaired) electrons. The van der Waals surface area contributed by atoms with Gasteiger partial charge in [0.15, 0.2) is 11.6 Å². The fraction of sp³-hybridized carbons (Fsp3) is 0.333. The van der Waals surface area contributed by atoms with Gasteiger partial charge in [0.1, 0.15) is 0 Å². The van der Waals surface area contributed by atoms with Crippen LogP contribution in [-0.4, -0.2) is 23.6 Å². The van der Waals surface area contributed by atoms with Crippen molar-refractivity contribution in [3.8, 4) is 0 Å². The third-order valence-electron chi connectivity index (χ3n) is 1.79. The van der Waals surface area contributed by atoms with E-state index >= 15 is 0 Å². The highest BCUT2D eigenvalue weighted by molar-refractivity contribution is 7.80. The Morgan fingerprint density at radius 2 is 2.43 bits per heavy atom. The minimum atomic E-state index is -0.335. The number of aromatic nitrogens is 1.